The van der Waals surface area contributed by atoms with Crippen molar-refractivity contribution in [3.63, 3.8) is 0 Å². The van der Waals surface area contributed by atoms with Gasteiger partial charge in [-0.05, 0) is 181 Å². The minimum atomic E-state index is -1.87. The highest BCUT2D eigenvalue weighted by molar-refractivity contribution is 5.85. The van der Waals surface area contributed by atoms with Crippen molar-refractivity contribution in [3.05, 3.63) is 0 Å². The zero-order chi connectivity index (χ0) is 54.9. The van der Waals surface area contributed by atoms with E-state index in [0.29, 0.717) is 101 Å². The molecule has 0 heterocycles. The second kappa shape index (κ2) is 32.4. The second-order valence-corrected chi connectivity index (χ2v) is 21.8. The standard InChI is InChI=1S/C20H35N3O5.2C13H23NO4.C4H9NO3/c1-23(2)17(24)20(27-18(25)15-7-3-13(11-21)4-8-15)28-19(26)16-9-5-14(12-22)6-10-16;2*1-13(2,3)18-12(17)14-8-9-4-6-10(7-5-9)11(15)16;1-5(2)3(6)4(7)8/h13-16,20H,3-12,21-22H2,1-2H3;2*9-10H,4-8H2,1-3H3,(H,14,17)(H,15,16);4,7-8H,1-2H3/t13-,14-,15-,16-;2*9-,10-;. The number of ether oxygens (including phenoxy) is 4. The summed E-state index contributed by atoms with van der Waals surface area (Å²) >= 11 is 0. The molecular weight excluding hydrogens is 941 g/mol. The molecule has 0 unspecified atom stereocenters. The van der Waals surface area contributed by atoms with E-state index >= 15 is 0 Å². The van der Waals surface area contributed by atoms with Crippen molar-refractivity contribution in [1.82, 2.24) is 20.4 Å². The molecule has 4 saturated carbocycles. The van der Waals surface area contributed by atoms with E-state index in [4.69, 9.17) is 50.8 Å². The Balaban J connectivity index is 0.000000517. The molecule has 0 spiro atoms. The monoisotopic (exact) mass is 1030 g/mol. The molecular formula is C50H90N6O16. The van der Waals surface area contributed by atoms with Gasteiger partial charge in [0.15, 0.2) is 0 Å². The van der Waals surface area contributed by atoms with Crippen LogP contribution in [0.3, 0.4) is 0 Å². The van der Waals surface area contributed by atoms with Crippen molar-refractivity contribution in [3.8, 4) is 0 Å². The Morgan fingerprint density at radius 2 is 0.764 bits per heavy atom. The number of carboxylic acid groups (broad SMARTS) is 2. The number of esters is 2. The first-order valence-electron chi connectivity index (χ1n) is 25.4. The number of amides is 4. The second-order valence-electron chi connectivity index (χ2n) is 21.8. The van der Waals surface area contributed by atoms with Gasteiger partial charge >= 0.3 is 48.3 Å². The van der Waals surface area contributed by atoms with Gasteiger partial charge in [-0.1, -0.05) is 0 Å². The molecule has 0 radical (unpaired) electrons. The van der Waals surface area contributed by atoms with Crippen molar-refractivity contribution in [2.24, 2.45) is 58.8 Å². The highest BCUT2D eigenvalue weighted by atomic mass is 16.7. The van der Waals surface area contributed by atoms with Crippen LogP contribution in [0.15, 0.2) is 0 Å². The Morgan fingerprint density at radius 1 is 0.486 bits per heavy atom. The van der Waals surface area contributed by atoms with E-state index in [1.165, 1.54) is 33.1 Å². The van der Waals surface area contributed by atoms with Crippen molar-refractivity contribution >= 4 is 47.9 Å². The molecule has 4 amide bonds. The first-order valence-corrected chi connectivity index (χ1v) is 25.4. The number of likely N-dealkylation sites (N-methyl/N-ethyl adjacent to an activating group) is 2. The molecule has 4 aliphatic carbocycles. The van der Waals surface area contributed by atoms with E-state index in [1.54, 1.807) is 0 Å². The quantitative estimate of drug-likeness (QED) is 0.0686. The molecule has 0 atom stereocenters. The number of carbonyl (C=O) groups is 8. The van der Waals surface area contributed by atoms with Crippen LogP contribution < -0.4 is 22.1 Å². The van der Waals surface area contributed by atoms with Crippen molar-refractivity contribution in [2.45, 2.75) is 168 Å². The number of carboxylic acids is 2. The largest absolute Gasteiger partial charge is 0.481 e. The van der Waals surface area contributed by atoms with E-state index in [-0.39, 0.29) is 23.7 Å². The number of nitrogens with one attached hydrogen (secondary N) is 2. The van der Waals surface area contributed by atoms with E-state index in [1.807, 2.05) is 41.5 Å². The Morgan fingerprint density at radius 3 is 0.986 bits per heavy atom. The van der Waals surface area contributed by atoms with Gasteiger partial charge in [-0.3, -0.25) is 28.8 Å². The van der Waals surface area contributed by atoms with Crippen LogP contribution >= 0.6 is 0 Å². The molecule has 0 aromatic carbocycles. The van der Waals surface area contributed by atoms with Crippen LogP contribution in [0.25, 0.3) is 0 Å². The zero-order valence-corrected chi connectivity index (χ0v) is 44.7. The maximum Gasteiger partial charge on any atom is 0.407 e. The molecule has 22 heteroatoms. The van der Waals surface area contributed by atoms with Crippen LogP contribution in [0.2, 0.25) is 0 Å². The van der Waals surface area contributed by atoms with Crippen LogP contribution in [-0.4, -0.2) is 156 Å². The number of aliphatic hydroxyl groups excluding tert-OH is 1. The number of carbonyl (C=O) groups excluding carboxylic acids is 6. The average molecular weight is 1030 g/mol. The van der Waals surface area contributed by atoms with E-state index in [2.05, 4.69) is 10.6 Å². The van der Waals surface area contributed by atoms with E-state index < -0.39 is 71.7 Å². The van der Waals surface area contributed by atoms with Crippen LogP contribution in [0.4, 0.5) is 9.59 Å². The van der Waals surface area contributed by atoms with Gasteiger partial charge in [-0.25, -0.2) is 9.59 Å². The van der Waals surface area contributed by atoms with Gasteiger partial charge < -0.3 is 71.3 Å². The van der Waals surface area contributed by atoms with E-state index in [9.17, 15) is 38.4 Å². The summed E-state index contributed by atoms with van der Waals surface area (Å²) < 4.78 is 21.0. The smallest absolute Gasteiger partial charge is 0.407 e. The van der Waals surface area contributed by atoms with Crippen LogP contribution in [0, 0.1) is 47.3 Å². The fourth-order valence-corrected chi connectivity index (χ4v) is 8.55. The number of hydrogen-bond donors (Lipinski definition) is 8. The lowest BCUT2D eigenvalue weighted by Crippen LogP contribution is -2.43. The fourth-order valence-electron chi connectivity index (χ4n) is 8.55. The summed E-state index contributed by atoms with van der Waals surface area (Å²) in [5.74, 6) is -2.97. The van der Waals surface area contributed by atoms with E-state index in [0.717, 1.165) is 56.3 Å². The van der Waals surface area contributed by atoms with Crippen molar-refractivity contribution < 1.29 is 77.7 Å². The number of nitrogens with zero attached hydrogens (tertiary/aromatic N) is 2. The lowest BCUT2D eigenvalue weighted by Gasteiger charge is -2.30. The average Bonchev–Trinajstić information content (AvgIpc) is 3.31. The molecule has 4 aliphatic rings. The molecule has 0 bridgehead atoms. The molecule has 72 heavy (non-hydrogen) atoms. The molecule has 0 aromatic heterocycles. The Labute approximate surface area is 426 Å². The summed E-state index contributed by atoms with van der Waals surface area (Å²) in [6, 6.07) is 0. The summed E-state index contributed by atoms with van der Waals surface area (Å²) in [5, 5.41) is 39.6. The van der Waals surface area contributed by atoms with Gasteiger partial charge in [0, 0.05) is 41.3 Å². The summed E-state index contributed by atoms with van der Waals surface area (Å²) in [6.45, 7) is 13.3. The van der Waals surface area contributed by atoms with Gasteiger partial charge in [0.1, 0.15) is 11.2 Å². The van der Waals surface area contributed by atoms with Crippen LogP contribution in [0.1, 0.15) is 144 Å². The number of hydrogen-bond acceptors (Lipinski definition) is 16. The summed E-state index contributed by atoms with van der Waals surface area (Å²) in [7, 11) is 5.97. The van der Waals surface area contributed by atoms with Crippen LogP contribution in [-0.2, 0) is 47.7 Å². The van der Waals surface area contributed by atoms with Crippen molar-refractivity contribution in [2.75, 3.05) is 54.4 Å². The molecule has 0 saturated heterocycles. The lowest BCUT2D eigenvalue weighted by atomic mass is 9.82. The molecule has 416 valence electrons. The maximum atomic E-state index is 12.5. The molecule has 0 aromatic rings. The molecule has 4 fully saturated rings. The van der Waals surface area contributed by atoms with Crippen molar-refractivity contribution in [1.29, 1.82) is 0 Å². The number of alkyl carbamates (subject to hydrolysis) is 2. The third-order valence-corrected chi connectivity index (χ3v) is 13.0. The summed E-state index contributed by atoms with van der Waals surface area (Å²) in [5.41, 5.74) is 10.4. The molecule has 22 nitrogen and oxygen atoms in total. The van der Waals surface area contributed by atoms with Gasteiger partial charge in [-0.15, -0.1) is 0 Å². The number of nitrogens with two attached hydrogens (primary N) is 2. The fraction of sp³-hybridized carbons (Fsp3) is 0.840. The number of aliphatic carboxylic acids is 2. The third kappa shape index (κ3) is 27.3. The first-order chi connectivity index (χ1) is 33.5. The lowest BCUT2D eigenvalue weighted by molar-refractivity contribution is -0.202. The summed E-state index contributed by atoms with van der Waals surface area (Å²) in [4.78, 5) is 94.6. The highest BCUT2D eigenvalue weighted by Gasteiger charge is 2.36. The first kappa shape index (κ1) is 65.2. The zero-order valence-electron chi connectivity index (χ0n) is 44.7. The topological polar surface area (TPSA) is 337 Å². The molecule has 4 rings (SSSR count). The van der Waals surface area contributed by atoms with Gasteiger partial charge in [0.05, 0.1) is 23.7 Å². The predicted molar refractivity (Wildman–Crippen MR) is 265 cm³/mol. The maximum absolute atomic E-state index is 12.5. The Kier molecular flexibility index (Phi) is 29.3. The number of aliphatic hydroxyl groups is 2. The normalized spacial score (nSPS) is 24.1. The van der Waals surface area contributed by atoms with Gasteiger partial charge in [0.25, 0.3) is 5.91 Å². The third-order valence-electron chi connectivity index (χ3n) is 13.0. The molecule has 0 aliphatic heterocycles. The summed E-state index contributed by atoms with van der Waals surface area (Å²) in [6.07, 6.45) is 8.24. The molecule has 10 N–H and O–H groups in total. The minimum Gasteiger partial charge on any atom is -0.481 e. The highest BCUT2D eigenvalue weighted by Crippen LogP contribution is 2.32. The minimum absolute atomic E-state index is 0.206. The van der Waals surface area contributed by atoms with Gasteiger partial charge in [0.2, 0.25) is 6.29 Å². The Bertz CT molecular complexity index is 1570. The Hall–Kier alpha value is -4.80. The number of rotatable bonds is 14. The SMILES string of the molecule is CC(C)(C)OC(=O)NC[C@H]1CC[C@H](C(=O)O)CC1.CC(C)(C)OC(=O)NC[C@H]1CC[C@H](C(=O)O)CC1.CN(C)C(=O)C(O)O.CN(C)C(=O)C(OC(=O)[C@H]1CC[C@H](CN)CC1)OC(=O)[C@H]1CC[C@H](CN)CC1. The van der Waals surface area contributed by atoms with Crippen LogP contribution in [0.5, 0.6) is 0 Å². The van der Waals surface area contributed by atoms with Gasteiger partial charge in [-0.2, -0.15) is 0 Å². The predicted octanol–water partition coefficient (Wildman–Crippen LogP) is 4.21.